The van der Waals surface area contributed by atoms with Gasteiger partial charge in [-0.25, -0.2) is 9.97 Å². The van der Waals surface area contributed by atoms with E-state index in [-0.39, 0.29) is 12.7 Å². The van der Waals surface area contributed by atoms with Crippen LogP contribution < -0.4 is 14.8 Å². The van der Waals surface area contributed by atoms with Gasteiger partial charge >= 0.3 is 0 Å². The van der Waals surface area contributed by atoms with Gasteiger partial charge in [0.2, 0.25) is 12.7 Å². The molecule has 142 valence electrons. The molecule has 1 fully saturated rings. The number of nitrogens with zero attached hydrogens (tertiary/aromatic N) is 3. The third-order valence-corrected chi connectivity index (χ3v) is 4.91. The predicted molar refractivity (Wildman–Crippen MR) is 101 cm³/mol. The Morgan fingerprint density at radius 1 is 1.26 bits per heavy atom. The number of rotatable bonds is 4. The molecule has 27 heavy (non-hydrogen) atoms. The highest BCUT2D eigenvalue weighted by Crippen LogP contribution is 2.32. The van der Waals surface area contributed by atoms with E-state index >= 15 is 0 Å². The summed E-state index contributed by atoms with van der Waals surface area (Å²) < 4.78 is 10.7. The molecule has 7 nitrogen and oxygen atoms in total. The number of aromatic nitrogens is 2. The molecule has 0 aliphatic carbocycles. The third-order valence-electron chi connectivity index (χ3n) is 4.91. The maximum Gasteiger partial charge on any atom is 0.272 e. The van der Waals surface area contributed by atoms with Crippen LogP contribution in [0, 0.1) is 12.8 Å². The number of anilines is 1. The fourth-order valence-corrected chi connectivity index (χ4v) is 3.53. The molecule has 7 heteroatoms. The van der Waals surface area contributed by atoms with Gasteiger partial charge in [-0.05, 0) is 49.4 Å². The average molecular weight is 368 g/mol. The fraction of sp³-hybridized carbons (Fsp3) is 0.450. The summed E-state index contributed by atoms with van der Waals surface area (Å²) in [6, 6.07) is 7.56. The average Bonchev–Trinajstić information content (AvgIpc) is 3.13. The number of amides is 1. The van der Waals surface area contributed by atoms with Crippen LogP contribution in [-0.2, 0) is 6.54 Å². The lowest BCUT2D eigenvalue weighted by Crippen LogP contribution is -2.39. The first-order valence-corrected chi connectivity index (χ1v) is 9.36. The fourth-order valence-electron chi connectivity index (χ4n) is 3.53. The first-order valence-electron chi connectivity index (χ1n) is 9.36. The SMILES string of the molecule is Cc1cc(C(=O)N2CCCC(C)C2)nc(NCc2ccc3c(c2)OCO3)n1. The maximum absolute atomic E-state index is 12.8. The zero-order chi connectivity index (χ0) is 18.8. The lowest BCUT2D eigenvalue weighted by atomic mass is 10.00. The normalized spacial score (nSPS) is 18.4. The van der Waals surface area contributed by atoms with E-state index in [0.29, 0.717) is 24.1 Å². The minimum Gasteiger partial charge on any atom is -0.454 e. The number of hydrogen-bond donors (Lipinski definition) is 1. The zero-order valence-electron chi connectivity index (χ0n) is 15.7. The lowest BCUT2D eigenvalue weighted by molar-refractivity contribution is 0.0677. The van der Waals surface area contributed by atoms with Crippen LogP contribution in [0.15, 0.2) is 24.3 Å². The van der Waals surface area contributed by atoms with Crippen molar-refractivity contribution in [2.45, 2.75) is 33.2 Å². The Morgan fingerprint density at radius 2 is 2.11 bits per heavy atom. The van der Waals surface area contributed by atoms with Crippen molar-refractivity contribution in [3.8, 4) is 11.5 Å². The van der Waals surface area contributed by atoms with Crippen molar-refractivity contribution in [1.82, 2.24) is 14.9 Å². The van der Waals surface area contributed by atoms with Crippen LogP contribution in [0.3, 0.4) is 0 Å². The maximum atomic E-state index is 12.8. The second-order valence-electron chi connectivity index (χ2n) is 7.26. The van der Waals surface area contributed by atoms with E-state index in [1.165, 1.54) is 6.42 Å². The topological polar surface area (TPSA) is 76.6 Å². The van der Waals surface area contributed by atoms with Crippen molar-refractivity contribution in [2.24, 2.45) is 5.92 Å². The molecule has 2 aromatic rings. The number of likely N-dealkylation sites (tertiary alicyclic amines) is 1. The Hall–Kier alpha value is -2.83. The van der Waals surface area contributed by atoms with Crippen molar-refractivity contribution in [2.75, 3.05) is 25.2 Å². The highest BCUT2D eigenvalue weighted by atomic mass is 16.7. The number of nitrogens with one attached hydrogen (secondary N) is 1. The van der Waals surface area contributed by atoms with Gasteiger partial charge in [0.15, 0.2) is 11.5 Å². The number of benzene rings is 1. The second-order valence-corrected chi connectivity index (χ2v) is 7.26. The molecule has 0 bridgehead atoms. The minimum absolute atomic E-state index is 0.0156. The van der Waals surface area contributed by atoms with Gasteiger partial charge < -0.3 is 19.7 Å². The number of carbonyl (C=O) groups is 1. The molecule has 2 aliphatic rings. The quantitative estimate of drug-likeness (QED) is 0.894. The van der Waals surface area contributed by atoms with E-state index in [0.717, 1.165) is 42.3 Å². The van der Waals surface area contributed by atoms with E-state index in [4.69, 9.17) is 9.47 Å². The van der Waals surface area contributed by atoms with E-state index in [9.17, 15) is 4.79 Å². The highest BCUT2D eigenvalue weighted by Gasteiger charge is 2.23. The first kappa shape index (κ1) is 17.6. The Morgan fingerprint density at radius 3 is 2.96 bits per heavy atom. The Kier molecular flexibility index (Phi) is 4.83. The molecule has 1 unspecified atom stereocenters. The smallest absolute Gasteiger partial charge is 0.272 e. The summed E-state index contributed by atoms with van der Waals surface area (Å²) in [4.78, 5) is 23.6. The Labute approximate surface area is 158 Å². The molecule has 1 amide bonds. The molecular weight excluding hydrogens is 344 g/mol. The summed E-state index contributed by atoms with van der Waals surface area (Å²) in [6.07, 6.45) is 2.22. The number of aryl methyl sites for hydroxylation is 1. The summed E-state index contributed by atoms with van der Waals surface area (Å²) >= 11 is 0. The van der Waals surface area contributed by atoms with Gasteiger partial charge in [-0.3, -0.25) is 4.79 Å². The van der Waals surface area contributed by atoms with Crippen LogP contribution >= 0.6 is 0 Å². The molecule has 0 spiro atoms. The standard InChI is InChI=1S/C20H24N4O3/c1-13-4-3-7-24(11-13)19(25)16-8-14(2)22-20(23-16)21-10-15-5-6-17-18(9-15)27-12-26-17/h5-6,8-9,13H,3-4,7,10-12H2,1-2H3,(H,21,22,23). The van der Waals surface area contributed by atoms with Crippen LogP contribution in [0.25, 0.3) is 0 Å². The first-order chi connectivity index (χ1) is 13.1. The van der Waals surface area contributed by atoms with Gasteiger partial charge in [0.05, 0.1) is 0 Å². The molecule has 4 rings (SSSR count). The van der Waals surface area contributed by atoms with Crippen molar-refractivity contribution in [3.63, 3.8) is 0 Å². The second kappa shape index (κ2) is 7.42. The number of piperidine rings is 1. The number of fused-ring (bicyclic) bond motifs is 1. The largest absolute Gasteiger partial charge is 0.454 e. The number of hydrogen-bond acceptors (Lipinski definition) is 6. The molecule has 2 aliphatic heterocycles. The molecule has 3 heterocycles. The molecule has 1 atom stereocenters. The summed E-state index contributed by atoms with van der Waals surface area (Å²) in [5, 5.41) is 3.21. The lowest BCUT2D eigenvalue weighted by Gasteiger charge is -2.30. The van der Waals surface area contributed by atoms with Crippen LogP contribution in [0.1, 0.15) is 41.5 Å². The van der Waals surface area contributed by atoms with Gasteiger partial charge in [0.25, 0.3) is 5.91 Å². The van der Waals surface area contributed by atoms with Crippen LogP contribution in [0.2, 0.25) is 0 Å². The summed E-state index contributed by atoms with van der Waals surface area (Å²) in [6.45, 7) is 6.45. The molecule has 0 saturated carbocycles. The third kappa shape index (κ3) is 3.97. The summed E-state index contributed by atoms with van der Waals surface area (Å²) in [7, 11) is 0. The minimum atomic E-state index is -0.0156. The van der Waals surface area contributed by atoms with E-state index in [2.05, 4.69) is 22.2 Å². The summed E-state index contributed by atoms with van der Waals surface area (Å²) in [5.41, 5.74) is 2.25. The van der Waals surface area contributed by atoms with Crippen LogP contribution in [0.4, 0.5) is 5.95 Å². The predicted octanol–water partition coefficient (Wildman–Crippen LogP) is 3.00. The Bertz CT molecular complexity index is 855. The number of carbonyl (C=O) groups excluding carboxylic acids is 1. The molecular formula is C20H24N4O3. The van der Waals surface area contributed by atoms with E-state index in [1.54, 1.807) is 6.07 Å². The summed E-state index contributed by atoms with van der Waals surface area (Å²) in [5.74, 6) is 2.48. The Balaban J connectivity index is 1.46. The molecule has 1 saturated heterocycles. The van der Waals surface area contributed by atoms with Gasteiger partial charge in [-0.15, -0.1) is 0 Å². The van der Waals surface area contributed by atoms with Crippen molar-refractivity contribution in [3.05, 3.63) is 41.2 Å². The van der Waals surface area contributed by atoms with Crippen molar-refractivity contribution < 1.29 is 14.3 Å². The van der Waals surface area contributed by atoms with Gasteiger partial charge in [-0.1, -0.05) is 13.0 Å². The van der Waals surface area contributed by atoms with Crippen molar-refractivity contribution in [1.29, 1.82) is 0 Å². The molecule has 1 N–H and O–H groups in total. The molecule has 1 aromatic heterocycles. The van der Waals surface area contributed by atoms with Crippen LogP contribution in [0.5, 0.6) is 11.5 Å². The van der Waals surface area contributed by atoms with Crippen LogP contribution in [-0.4, -0.2) is 40.7 Å². The van der Waals surface area contributed by atoms with Gasteiger partial charge in [0, 0.05) is 25.3 Å². The van der Waals surface area contributed by atoms with E-state index in [1.807, 2.05) is 30.0 Å². The van der Waals surface area contributed by atoms with Crippen molar-refractivity contribution >= 4 is 11.9 Å². The van der Waals surface area contributed by atoms with Gasteiger partial charge in [-0.2, -0.15) is 0 Å². The zero-order valence-corrected chi connectivity index (χ0v) is 15.7. The van der Waals surface area contributed by atoms with Gasteiger partial charge in [0.1, 0.15) is 5.69 Å². The molecule has 0 radical (unpaired) electrons. The highest BCUT2D eigenvalue weighted by molar-refractivity contribution is 5.92. The molecule has 1 aromatic carbocycles. The van der Waals surface area contributed by atoms with E-state index < -0.39 is 0 Å². The number of ether oxygens (including phenoxy) is 2. The monoisotopic (exact) mass is 368 g/mol.